The van der Waals surface area contributed by atoms with E-state index in [0.717, 1.165) is 0 Å². The molecule has 0 radical (unpaired) electrons. The van der Waals surface area contributed by atoms with Crippen LogP contribution in [0.15, 0.2) is 12.2 Å². The van der Waals surface area contributed by atoms with Crippen LogP contribution in [0, 0.1) is 10.8 Å². The summed E-state index contributed by atoms with van der Waals surface area (Å²) in [4.78, 5) is 11.8. The molecule has 0 N–H and O–H groups in total. The summed E-state index contributed by atoms with van der Waals surface area (Å²) < 4.78 is 16.6. The van der Waals surface area contributed by atoms with Gasteiger partial charge in [0.05, 0.1) is 5.41 Å². The zero-order valence-corrected chi connectivity index (χ0v) is 16.8. The zero-order valence-electron chi connectivity index (χ0n) is 12.8. The molecule has 18 heavy (non-hydrogen) atoms. The Balaban J connectivity index is 5.53. The fourth-order valence-corrected chi connectivity index (χ4v) is 3.33. The van der Waals surface area contributed by atoms with Crippen LogP contribution in [0.4, 0.5) is 0 Å². The highest BCUT2D eigenvalue weighted by Crippen LogP contribution is 2.49. The average Bonchev–Trinajstić information content (AvgIpc) is 2.23. The van der Waals surface area contributed by atoms with Gasteiger partial charge in [-0.25, -0.2) is 4.79 Å². The van der Waals surface area contributed by atoms with Gasteiger partial charge in [-0.15, -0.1) is 0 Å². The van der Waals surface area contributed by atoms with Crippen molar-refractivity contribution in [1.29, 1.82) is 0 Å². The van der Waals surface area contributed by atoms with Gasteiger partial charge in [-0.3, -0.25) is 0 Å². The normalized spacial score (nSPS) is 16.3. The molecule has 0 atom stereocenters. The fourth-order valence-electron chi connectivity index (χ4n) is 1.47. The van der Waals surface area contributed by atoms with E-state index in [0.29, 0.717) is 26.5 Å². The summed E-state index contributed by atoms with van der Waals surface area (Å²) in [5.41, 5.74) is -0.312. The van der Waals surface area contributed by atoms with Gasteiger partial charge in [-0.2, -0.15) is 0 Å². The molecular formula is C12H26O4Si2. The maximum atomic E-state index is 11.8. The van der Waals surface area contributed by atoms with Crippen molar-refractivity contribution in [3.8, 4) is 0 Å². The summed E-state index contributed by atoms with van der Waals surface area (Å²) in [6, 6.07) is 0. The molecule has 0 amide bonds. The van der Waals surface area contributed by atoms with Crippen molar-refractivity contribution in [2.75, 3.05) is 0 Å². The van der Waals surface area contributed by atoms with Gasteiger partial charge in [0.2, 0.25) is 0 Å². The summed E-state index contributed by atoms with van der Waals surface area (Å²) in [6.45, 7) is 15.4. The molecule has 0 aromatic heterocycles. The first-order valence-electron chi connectivity index (χ1n) is 5.94. The first-order valence-corrected chi connectivity index (χ1v) is 7.57. The molecule has 0 aliphatic carbocycles. The van der Waals surface area contributed by atoms with Gasteiger partial charge in [-0.05, 0) is 12.3 Å². The Kier molecular flexibility index (Phi) is 5.55. The Bertz CT molecular complexity index is 327. The molecule has 0 aliphatic rings. The van der Waals surface area contributed by atoms with E-state index in [9.17, 15) is 4.79 Å². The first-order chi connectivity index (χ1) is 7.95. The summed E-state index contributed by atoms with van der Waals surface area (Å²) in [5.74, 6) is -1.81. The lowest BCUT2D eigenvalue weighted by molar-refractivity contribution is -0.353. The molecule has 0 rings (SSSR count). The molecule has 6 heteroatoms. The molecule has 0 aromatic rings. The van der Waals surface area contributed by atoms with Crippen LogP contribution in [-0.2, 0) is 18.4 Å². The summed E-state index contributed by atoms with van der Waals surface area (Å²) >= 11 is 0. The second-order valence-corrected chi connectivity index (χ2v) is 6.83. The van der Waals surface area contributed by atoms with Crippen molar-refractivity contribution in [3.05, 3.63) is 12.2 Å². The third kappa shape index (κ3) is 3.11. The highest BCUT2D eigenvalue weighted by Gasteiger charge is 2.55. The predicted octanol–water partition coefficient (Wildman–Crippen LogP) is 0.426. The van der Waals surface area contributed by atoms with Crippen molar-refractivity contribution >= 4 is 26.9 Å². The largest absolute Gasteiger partial charge is 0.406 e. The van der Waals surface area contributed by atoms with Crippen LogP contribution < -0.4 is 0 Å². The van der Waals surface area contributed by atoms with Crippen LogP contribution in [0.3, 0.4) is 0 Å². The third-order valence-electron chi connectivity index (χ3n) is 3.75. The lowest BCUT2D eigenvalue weighted by Crippen LogP contribution is -2.57. The summed E-state index contributed by atoms with van der Waals surface area (Å²) in [7, 11) is 0.824. The summed E-state index contributed by atoms with van der Waals surface area (Å²) in [6.07, 6.45) is 0. The van der Waals surface area contributed by atoms with Crippen LogP contribution in [0.25, 0.3) is 0 Å². The van der Waals surface area contributed by atoms with Gasteiger partial charge >= 0.3 is 11.9 Å². The van der Waals surface area contributed by atoms with Crippen LogP contribution in [-0.4, -0.2) is 32.9 Å². The Morgan fingerprint density at radius 2 is 1.44 bits per heavy atom. The number of esters is 1. The number of hydrogen-bond acceptors (Lipinski definition) is 4. The molecule has 0 fully saturated rings. The number of carbonyl (C=O) groups is 1. The molecule has 0 bridgehead atoms. The molecule has 0 saturated heterocycles. The molecule has 106 valence electrons. The highest BCUT2D eigenvalue weighted by atomic mass is 28.2. The smallest absolute Gasteiger partial charge is 0.337 e. The SMILES string of the molecule is C=C(C)C(=O)OC(O[SiH3])(O[SiH3])C(C)(C)C(C)(C)C. The second kappa shape index (κ2) is 5.69. The van der Waals surface area contributed by atoms with E-state index in [4.69, 9.17) is 13.6 Å². The van der Waals surface area contributed by atoms with Gasteiger partial charge < -0.3 is 13.6 Å². The zero-order chi connectivity index (χ0) is 14.8. The van der Waals surface area contributed by atoms with Crippen LogP contribution in [0.2, 0.25) is 0 Å². The minimum atomic E-state index is -1.32. The van der Waals surface area contributed by atoms with E-state index in [2.05, 4.69) is 27.4 Å². The molecule has 0 aliphatic heterocycles. The average molecular weight is 291 g/mol. The maximum absolute atomic E-state index is 11.8. The van der Waals surface area contributed by atoms with Gasteiger partial charge in [0.1, 0.15) is 0 Å². The standard InChI is InChI=1S/C12H26O4Si2/c1-8(2)9(13)14-12(15-17,16-18)11(6,7)10(3,4)5/h1H2,2-7,17-18H3. The molecule has 0 aromatic carbocycles. The monoisotopic (exact) mass is 290 g/mol. The van der Waals surface area contributed by atoms with E-state index in [1.165, 1.54) is 0 Å². The Labute approximate surface area is 116 Å². The van der Waals surface area contributed by atoms with Crippen molar-refractivity contribution in [1.82, 2.24) is 0 Å². The molecule has 0 saturated carbocycles. The number of rotatable bonds is 5. The molecular weight excluding hydrogens is 264 g/mol. The van der Waals surface area contributed by atoms with Crippen LogP contribution in [0.1, 0.15) is 41.5 Å². The third-order valence-corrected chi connectivity index (χ3v) is 4.83. The van der Waals surface area contributed by atoms with E-state index in [1.807, 2.05) is 13.8 Å². The number of carbonyl (C=O) groups excluding carboxylic acids is 1. The fraction of sp³-hybridized carbons (Fsp3) is 0.750. The van der Waals surface area contributed by atoms with Crippen LogP contribution in [0.5, 0.6) is 0 Å². The van der Waals surface area contributed by atoms with Crippen molar-refractivity contribution in [2.24, 2.45) is 10.8 Å². The Hall–Kier alpha value is -0.436. The van der Waals surface area contributed by atoms with E-state index in [-0.39, 0.29) is 5.41 Å². The first kappa shape index (κ1) is 17.6. The highest BCUT2D eigenvalue weighted by molar-refractivity contribution is 6.00. The molecule has 0 unspecified atom stereocenters. The number of ether oxygens (including phenoxy) is 1. The van der Waals surface area contributed by atoms with E-state index < -0.39 is 17.4 Å². The van der Waals surface area contributed by atoms with Crippen molar-refractivity contribution < 1.29 is 18.4 Å². The molecule has 0 heterocycles. The lowest BCUT2D eigenvalue weighted by Gasteiger charge is -2.50. The van der Waals surface area contributed by atoms with Gasteiger partial charge in [-0.1, -0.05) is 41.2 Å². The van der Waals surface area contributed by atoms with Crippen LogP contribution >= 0.6 is 0 Å². The van der Waals surface area contributed by atoms with Crippen molar-refractivity contribution in [3.63, 3.8) is 0 Å². The van der Waals surface area contributed by atoms with Gasteiger partial charge in [0.15, 0.2) is 21.0 Å². The summed E-state index contributed by atoms with van der Waals surface area (Å²) in [5, 5.41) is 0. The molecule has 0 spiro atoms. The second-order valence-electron chi connectivity index (χ2n) is 6.01. The van der Waals surface area contributed by atoms with E-state index >= 15 is 0 Å². The lowest BCUT2D eigenvalue weighted by atomic mass is 9.67. The van der Waals surface area contributed by atoms with Gasteiger partial charge in [0, 0.05) is 5.57 Å². The number of hydrogen-bond donors (Lipinski definition) is 0. The Morgan fingerprint density at radius 3 is 1.67 bits per heavy atom. The predicted molar refractivity (Wildman–Crippen MR) is 78.9 cm³/mol. The maximum Gasteiger partial charge on any atom is 0.337 e. The molecule has 4 nitrogen and oxygen atoms in total. The van der Waals surface area contributed by atoms with E-state index in [1.54, 1.807) is 6.92 Å². The minimum Gasteiger partial charge on any atom is -0.406 e. The van der Waals surface area contributed by atoms with Crippen molar-refractivity contribution in [2.45, 2.75) is 47.5 Å². The Morgan fingerprint density at radius 1 is 1.06 bits per heavy atom. The minimum absolute atomic E-state index is 0.156. The van der Waals surface area contributed by atoms with Gasteiger partial charge in [0.25, 0.3) is 0 Å². The quantitative estimate of drug-likeness (QED) is 0.319. The topological polar surface area (TPSA) is 44.8 Å².